The summed E-state index contributed by atoms with van der Waals surface area (Å²) in [4.78, 5) is 12.3. The molecule has 1 amide bonds. The highest BCUT2D eigenvalue weighted by molar-refractivity contribution is 9.10. The van der Waals surface area contributed by atoms with Gasteiger partial charge in [-0.1, -0.05) is 46.3 Å². The second kappa shape index (κ2) is 8.68. The third kappa shape index (κ3) is 4.86. The highest BCUT2D eigenvalue weighted by Crippen LogP contribution is 2.21. The van der Waals surface area contributed by atoms with Gasteiger partial charge < -0.3 is 10.1 Å². The predicted octanol–water partition coefficient (Wildman–Crippen LogP) is 4.56. The Kier molecular flexibility index (Phi) is 6.08. The van der Waals surface area contributed by atoms with E-state index in [1.54, 1.807) is 20.2 Å². The third-order valence-electron chi connectivity index (χ3n) is 4.10. The van der Waals surface area contributed by atoms with Crippen LogP contribution in [0.1, 0.15) is 12.5 Å². The van der Waals surface area contributed by atoms with E-state index in [0.29, 0.717) is 5.75 Å². The molecule has 138 valence electrons. The molecule has 0 heterocycles. The summed E-state index contributed by atoms with van der Waals surface area (Å²) in [6.45, 7) is 1.79. The first kappa shape index (κ1) is 18.9. The van der Waals surface area contributed by atoms with Gasteiger partial charge in [-0.15, -0.1) is 0 Å². The fraction of sp³-hybridized carbons (Fsp3) is 0.143. The molecule has 0 aromatic heterocycles. The van der Waals surface area contributed by atoms with Crippen LogP contribution in [-0.2, 0) is 4.79 Å². The second-order valence-corrected chi connectivity index (χ2v) is 6.96. The SMILES string of the molecule is COc1ccc(Br)cc1/C=N\NC(=O)[C@@H](C)Nc1ccc2ccccc2c1. The Balaban J connectivity index is 1.62. The summed E-state index contributed by atoms with van der Waals surface area (Å²) < 4.78 is 6.19. The van der Waals surface area contributed by atoms with E-state index in [1.165, 1.54) is 0 Å². The maximum absolute atomic E-state index is 12.3. The smallest absolute Gasteiger partial charge is 0.262 e. The van der Waals surface area contributed by atoms with Gasteiger partial charge in [0.2, 0.25) is 0 Å². The molecular formula is C21H20BrN3O2. The number of halogens is 1. The Morgan fingerprint density at radius 2 is 1.89 bits per heavy atom. The van der Waals surface area contributed by atoms with Crippen molar-refractivity contribution in [2.45, 2.75) is 13.0 Å². The zero-order valence-corrected chi connectivity index (χ0v) is 16.7. The van der Waals surface area contributed by atoms with E-state index in [0.717, 1.165) is 26.5 Å². The zero-order chi connectivity index (χ0) is 19.2. The maximum atomic E-state index is 12.3. The van der Waals surface area contributed by atoms with Gasteiger partial charge >= 0.3 is 0 Å². The zero-order valence-electron chi connectivity index (χ0n) is 15.1. The van der Waals surface area contributed by atoms with E-state index in [4.69, 9.17) is 4.74 Å². The van der Waals surface area contributed by atoms with Crippen molar-refractivity contribution in [2.24, 2.45) is 5.10 Å². The number of nitrogens with zero attached hydrogens (tertiary/aromatic N) is 1. The number of hydrogen-bond donors (Lipinski definition) is 2. The number of fused-ring (bicyclic) bond motifs is 1. The van der Waals surface area contributed by atoms with E-state index in [9.17, 15) is 4.79 Å². The number of hydrogen-bond acceptors (Lipinski definition) is 4. The Hall–Kier alpha value is -2.86. The Labute approximate surface area is 166 Å². The largest absolute Gasteiger partial charge is 0.496 e. The van der Waals surface area contributed by atoms with Gasteiger partial charge in [-0.3, -0.25) is 4.79 Å². The lowest BCUT2D eigenvalue weighted by atomic mass is 10.1. The molecule has 0 saturated carbocycles. The quantitative estimate of drug-likeness (QED) is 0.449. The minimum atomic E-state index is -0.437. The topological polar surface area (TPSA) is 62.7 Å². The first-order valence-corrected chi connectivity index (χ1v) is 9.28. The van der Waals surface area contributed by atoms with Crippen molar-refractivity contribution in [3.05, 3.63) is 70.7 Å². The molecule has 0 aliphatic heterocycles. The van der Waals surface area contributed by atoms with Crippen molar-refractivity contribution in [2.75, 3.05) is 12.4 Å². The molecule has 1 atom stereocenters. The molecule has 3 rings (SSSR count). The van der Waals surface area contributed by atoms with E-state index in [-0.39, 0.29) is 5.91 Å². The van der Waals surface area contributed by atoms with Crippen molar-refractivity contribution in [3.8, 4) is 5.75 Å². The highest BCUT2D eigenvalue weighted by atomic mass is 79.9. The average molecular weight is 426 g/mol. The number of nitrogens with one attached hydrogen (secondary N) is 2. The molecule has 0 spiro atoms. The number of benzene rings is 3. The van der Waals surface area contributed by atoms with Gasteiger partial charge in [-0.25, -0.2) is 5.43 Å². The average Bonchev–Trinajstić information content (AvgIpc) is 2.68. The molecule has 6 heteroatoms. The molecule has 0 aliphatic rings. The van der Waals surface area contributed by atoms with Crippen LogP contribution in [0.5, 0.6) is 5.75 Å². The Morgan fingerprint density at radius 3 is 2.67 bits per heavy atom. The van der Waals surface area contributed by atoms with Gasteiger partial charge in [0.15, 0.2) is 0 Å². The van der Waals surface area contributed by atoms with Crippen LogP contribution in [0.15, 0.2) is 70.2 Å². The van der Waals surface area contributed by atoms with Crippen LogP contribution in [0, 0.1) is 0 Å². The number of hydrazone groups is 1. The standard InChI is InChI=1S/C21H20BrN3O2/c1-14(24-19-9-7-15-5-3-4-6-16(15)12-19)21(26)25-23-13-17-11-18(22)8-10-20(17)27-2/h3-14,24H,1-2H3,(H,25,26)/b23-13-/t14-/m1/s1. The summed E-state index contributed by atoms with van der Waals surface area (Å²) in [6, 6.07) is 19.2. The number of carbonyl (C=O) groups is 1. The second-order valence-electron chi connectivity index (χ2n) is 6.05. The molecule has 0 saturated heterocycles. The molecule has 0 fully saturated rings. The van der Waals surface area contributed by atoms with Crippen LogP contribution in [0.4, 0.5) is 5.69 Å². The van der Waals surface area contributed by atoms with Crippen LogP contribution in [0.2, 0.25) is 0 Å². The summed E-state index contributed by atoms with van der Waals surface area (Å²) in [5.41, 5.74) is 4.21. The van der Waals surface area contributed by atoms with Gasteiger partial charge in [-0.2, -0.15) is 5.10 Å². The van der Waals surface area contributed by atoms with Crippen LogP contribution < -0.4 is 15.5 Å². The van der Waals surface area contributed by atoms with Crippen molar-refractivity contribution < 1.29 is 9.53 Å². The fourth-order valence-electron chi connectivity index (χ4n) is 2.66. The van der Waals surface area contributed by atoms with E-state index >= 15 is 0 Å². The van der Waals surface area contributed by atoms with Gasteiger partial charge in [-0.05, 0) is 48.0 Å². The lowest BCUT2D eigenvalue weighted by Gasteiger charge is -2.14. The molecule has 27 heavy (non-hydrogen) atoms. The summed E-state index contributed by atoms with van der Waals surface area (Å²) in [6.07, 6.45) is 1.56. The van der Waals surface area contributed by atoms with Crippen molar-refractivity contribution in [1.29, 1.82) is 0 Å². The van der Waals surface area contributed by atoms with E-state index in [2.05, 4.69) is 37.8 Å². The normalized spacial score (nSPS) is 12.1. The maximum Gasteiger partial charge on any atom is 0.262 e. The molecule has 0 bridgehead atoms. The van der Waals surface area contributed by atoms with Gasteiger partial charge in [0.25, 0.3) is 5.91 Å². The first-order valence-electron chi connectivity index (χ1n) is 8.48. The highest BCUT2D eigenvalue weighted by Gasteiger charge is 2.12. The Morgan fingerprint density at radius 1 is 1.11 bits per heavy atom. The van der Waals surface area contributed by atoms with Crippen LogP contribution in [-0.4, -0.2) is 25.3 Å². The molecule has 5 nitrogen and oxygen atoms in total. The minimum absolute atomic E-state index is 0.228. The van der Waals surface area contributed by atoms with Crippen LogP contribution in [0.3, 0.4) is 0 Å². The lowest BCUT2D eigenvalue weighted by Crippen LogP contribution is -2.34. The number of amides is 1. The van der Waals surface area contributed by atoms with Gasteiger partial charge in [0.05, 0.1) is 13.3 Å². The molecule has 0 unspecified atom stereocenters. The van der Waals surface area contributed by atoms with Gasteiger partial charge in [0, 0.05) is 15.7 Å². The number of rotatable bonds is 6. The van der Waals surface area contributed by atoms with Crippen LogP contribution in [0.25, 0.3) is 10.8 Å². The van der Waals surface area contributed by atoms with Crippen molar-refractivity contribution in [1.82, 2.24) is 5.43 Å². The van der Waals surface area contributed by atoms with Crippen molar-refractivity contribution >= 4 is 44.5 Å². The molecular weight excluding hydrogens is 406 g/mol. The molecule has 3 aromatic rings. The summed E-state index contributed by atoms with van der Waals surface area (Å²) >= 11 is 3.41. The number of methoxy groups -OCH3 is 1. The lowest BCUT2D eigenvalue weighted by molar-refractivity contribution is -0.121. The predicted molar refractivity (Wildman–Crippen MR) is 113 cm³/mol. The summed E-state index contributed by atoms with van der Waals surface area (Å²) in [7, 11) is 1.59. The summed E-state index contributed by atoms with van der Waals surface area (Å²) in [5, 5.41) is 9.51. The van der Waals surface area contributed by atoms with Gasteiger partial charge in [0.1, 0.15) is 11.8 Å². The first-order chi connectivity index (χ1) is 13.1. The van der Waals surface area contributed by atoms with Crippen molar-refractivity contribution in [3.63, 3.8) is 0 Å². The minimum Gasteiger partial charge on any atom is -0.496 e. The fourth-order valence-corrected chi connectivity index (χ4v) is 3.04. The molecule has 2 N–H and O–H groups in total. The number of ether oxygens (including phenoxy) is 1. The molecule has 3 aromatic carbocycles. The molecule has 0 radical (unpaired) electrons. The van der Waals surface area contributed by atoms with E-state index in [1.807, 2.05) is 54.6 Å². The van der Waals surface area contributed by atoms with E-state index < -0.39 is 6.04 Å². The monoisotopic (exact) mass is 425 g/mol. The third-order valence-corrected chi connectivity index (χ3v) is 4.59. The van der Waals surface area contributed by atoms with Crippen LogP contribution >= 0.6 is 15.9 Å². The summed E-state index contributed by atoms with van der Waals surface area (Å²) in [5.74, 6) is 0.451. The Bertz CT molecular complexity index is 988. The molecule has 0 aliphatic carbocycles. The number of carbonyl (C=O) groups excluding carboxylic acids is 1. The number of anilines is 1.